The third-order valence-electron chi connectivity index (χ3n) is 3.10. The predicted molar refractivity (Wildman–Crippen MR) is 75.1 cm³/mol. The van der Waals surface area contributed by atoms with Crippen LogP contribution in [0.2, 0.25) is 0 Å². The molecule has 0 amide bonds. The monoisotopic (exact) mass is 376 g/mol. The fourth-order valence-corrected chi connectivity index (χ4v) is 5.97. The van der Waals surface area contributed by atoms with Gasteiger partial charge in [0.15, 0.2) is 15.9 Å². The van der Waals surface area contributed by atoms with E-state index in [2.05, 4.69) is 10.1 Å². The second-order valence-electron chi connectivity index (χ2n) is 4.51. The molecule has 0 spiro atoms. The van der Waals surface area contributed by atoms with Crippen molar-refractivity contribution in [3.63, 3.8) is 0 Å². The largest absolute Gasteiger partial charge is 1.00 e. The third kappa shape index (κ3) is 3.04. The zero-order valence-electron chi connectivity index (χ0n) is 10.4. The lowest BCUT2D eigenvalue weighted by atomic mass is 10.3. The molecule has 3 rings (SSSR count). The Morgan fingerprint density at radius 3 is 3.00 bits per heavy atom. The normalized spacial score (nSPS) is 27.6. The number of aromatic nitrogens is 1. The molecule has 1 fully saturated rings. The Bertz CT molecular complexity index is 660. The number of pyridine rings is 1. The van der Waals surface area contributed by atoms with Crippen LogP contribution in [0.1, 0.15) is 5.56 Å². The molecule has 0 aromatic carbocycles. The number of thioether (sulfide) groups is 1. The summed E-state index contributed by atoms with van der Waals surface area (Å²) in [6.07, 6.45) is 5.02. The van der Waals surface area contributed by atoms with Gasteiger partial charge in [0.1, 0.15) is 0 Å². The van der Waals surface area contributed by atoms with Gasteiger partial charge in [0.05, 0.1) is 23.0 Å². The minimum atomic E-state index is -2.96. The van der Waals surface area contributed by atoms with Crippen molar-refractivity contribution in [1.29, 1.82) is 0 Å². The van der Waals surface area contributed by atoms with Crippen LogP contribution >= 0.6 is 11.8 Å². The van der Waals surface area contributed by atoms with Gasteiger partial charge in [-0.05, 0) is 17.8 Å². The summed E-state index contributed by atoms with van der Waals surface area (Å²) in [6, 6.07) is 3.54. The van der Waals surface area contributed by atoms with Crippen molar-refractivity contribution in [2.45, 2.75) is 11.3 Å². The van der Waals surface area contributed by atoms with Gasteiger partial charge in [0.2, 0.25) is 0 Å². The number of amidine groups is 1. The highest BCUT2D eigenvalue weighted by Gasteiger charge is 2.49. The summed E-state index contributed by atoms with van der Waals surface area (Å²) in [6.45, 7) is 0. The lowest BCUT2D eigenvalue weighted by Gasteiger charge is -2.03. The molecule has 1 aromatic rings. The first-order valence-electron chi connectivity index (χ1n) is 5.78. The van der Waals surface area contributed by atoms with Crippen LogP contribution in [0.25, 0.3) is 0 Å². The molecule has 1 aromatic heterocycles. The zero-order valence-corrected chi connectivity index (χ0v) is 13.6. The molecule has 3 heterocycles. The van der Waals surface area contributed by atoms with E-state index >= 15 is 0 Å². The maximum absolute atomic E-state index is 11.6. The van der Waals surface area contributed by atoms with Gasteiger partial charge < -0.3 is 17.0 Å². The summed E-state index contributed by atoms with van der Waals surface area (Å²) >= 11 is 1.39. The maximum Gasteiger partial charge on any atom is 0.330 e. The highest BCUT2D eigenvalue weighted by molar-refractivity contribution is 8.15. The molecule has 108 valence electrons. The van der Waals surface area contributed by atoms with Crippen molar-refractivity contribution in [1.82, 2.24) is 4.98 Å². The van der Waals surface area contributed by atoms with Crippen LogP contribution in [0.3, 0.4) is 0 Å². The second kappa shape index (κ2) is 5.82. The van der Waals surface area contributed by atoms with E-state index in [1.165, 1.54) is 11.8 Å². The number of nitrogens with zero attached hydrogens (tertiary/aromatic N) is 3. The van der Waals surface area contributed by atoms with Crippen LogP contribution in [-0.2, 0) is 9.84 Å². The number of nitrogens with two attached hydrogens (primary N) is 1. The van der Waals surface area contributed by atoms with Gasteiger partial charge in [-0.2, -0.15) is 0 Å². The number of hydrogen-bond acceptors (Lipinski definition) is 6. The Morgan fingerprint density at radius 2 is 2.30 bits per heavy atom. The maximum atomic E-state index is 11.6. The van der Waals surface area contributed by atoms with Gasteiger partial charge >= 0.3 is 5.17 Å². The summed E-state index contributed by atoms with van der Waals surface area (Å²) in [5.41, 5.74) is 6.75. The number of fused-ring (bicyclic) bond motifs is 1. The molecule has 0 radical (unpaired) electrons. The molecule has 0 saturated carbocycles. The molecule has 0 aliphatic carbocycles. The van der Waals surface area contributed by atoms with Crippen LogP contribution in [-0.4, -0.2) is 52.3 Å². The lowest BCUT2D eigenvalue weighted by molar-refractivity contribution is -0.558. The van der Waals surface area contributed by atoms with E-state index in [9.17, 15) is 8.42 Å². The van der Waals surface area contributed by atoms with Crippen LogP contribution in [0, 0.1) is 0 Å². The summed E-state index contributed by atoms with van der Waals surface area (Å²) in [5, 5.41) is 4.86. The van der Waals surface area contributed by atoms with Gasteiger partial charge in [0, 0.05) is 18.0 Å². The smallest absolute Gasteiger partial charge is 0.330 e. The molecular formula is C11H13BrN4O2S2. The lowest BCUT2D eigenvalue weighted by Crippen LogP contribution is -3.00. The zero-order chi connectivity index (χ0) is 13.5. The first kappa shape index (κ1) is 15.5. The summed E-state index contributed by atoms with van der Waals surface area (Å²) < 4.78 is 24.9. The van der Waals surface area contributed by atoms with Gasteiger partial charge in [-0.15, -0.1) is 4.68 Å². The molecule has 0 bridgehead atoms. The van der Waals surface area contributed by atoms with Crippen molar-refractivity contribution in [2.24, 2.45) is 10.8 Å². The number of sulfone groups is 1. The quantitative estimate of drug-likeness (QED) is 0.430. The Balaban J connectivity index is 0.00000147. The first-order valence-corrected chi connectivity index (χ1v) is 8.48. The van der Waals surface area contributed by atoms with Crippen LogP contribution in [0.15, 0.2) is 29.6 Å². The fourth-order valence-electron chi connectivity index (χ4n) is 2.23. The van der Waals surface area contributed by atoms with E-state index in [0.717, 1.165) is 5.56 Å². The third-order valence-corrected chi connectivity index (χ3v) is 6.24. The van der Waals surface area contributed by atoms with Gasteiger partial charge in [0.25, 0.3) is 0 Å². The van der Waals surface area contributed by atoms with E-state index < -0.39 is 9.84 Å². The molecule has 2 aliphatic rings. The number of halogens is 1. The van der Waals surface area contributed by atoms with Crippen LogP contribution in [0.4, 0.5) is 0 Å². The Kier molecular flexibility index (Phi) is 4.50. The van der Waals surface area contributed by atoms with Crippen LogP contribution in [0.5, 0.6) is 0 Å². The van der Waals surface area contributed by atoms with Crippen molar-refractivity contribution in [3.05, 3.63) is 30.1 Å². The van der Waals surface area contributed by atoms with E-state index in [-0.39, 0.29) is 39.8 Å². The Morgan fingerprint density at radius 1 is 1.50 bits per heavy atom. The SMILES string of the molecule is NC1=[N+](/N=C/c2cccnc2)C2CS(=O)(=O)CC2S1.[Br-]. The van der Waals surface area contributed by atoms with E-state index in [1.807, 2.05) is 12.1 Å². The highest BCUT2D eigenvalue weighted by Crippen LogP contribution is 2.32. The Hall–Kier alpha value is -0.930. The van der Waals surface area contributed by atoms with Crippen molar-refractivity contribution < 1.29 is 30.1 Å². The average molecular weight is 377 g/mol. The number of hydrogen-bond donors (Lipinski definition) is 1. The first-order chi connectivity index (χ1) is 9.05. The molecular weight excluding hydrogens is 364 g/mol. The number of hydrazone groups is 1. The standard InChI is InChI=1S/C11H12N4O2S2.BrH/c12-11-15(14-5-8-2-1-3-13-4-8)9-6-19(16,17)7-10(9)18-11;/h1-5,9-10,12H,6-7H2;1H/b14-5+;. The molecule has 2 aliphatic heterocycles. The highest BCUT2D eigenvalue weighted by atomic mass is 79.9. The Labute approximate surface area is 131 Å². The minimum absolute atomic E-state index is 0. The molecule has 2 N–H and O–H groups in total. The minimum Gasteiger partial charge on any atom is -1.00 e. The van der Waals surface area contributed by atoms with E-state index in [1.54, 1.807) is 23.3 Å². The summed E-state index contributed by atoms with van der Waals surface area (Å²) in [4.78, 5) is 3.99. The average Bonchev–Trinajstić information content (AvgIpc) is 2.79. The van der Waals surface area contributed by atoms with Crippen molar-refractivity contribution in [2.75, 3.05) is 11.5 Å². The van der Waals surface area contributed by atoms with Crippen molar-refractivity contribution in [3.8, 4) is 0 Å². The molecule has 2 atom stereocenters. The topological polar surface area (TPSA) is 88.4 Å². The summed E-state index contributed by atoms with van der Waals surface area (Å²) in [7, 11) is -2.96. The molecule has 9 heteroatoms. The van der Waals surface area contributed by atoms with E-state index in [0.29, 0.717) is 5.17 Å². The van der Waals surface area contributed by atoms with Gasteiger partial charge in [-0.25, -0.2) is 8.42 Å². The van der Waals surface area contributed by atoms with Gasteiger partial charge in [-0.1, -0.05) is 11.2 Å². The predicted octanol–water partition coefficient (Wildman–Crippen LogP) is -3.34. The fraction of sp³-hybridized carbons (Fsp3) is 0.364. The van der Waals surface area contributed by atoms with Crippen LogP contribution < -0.4 is 22.7 Å². The molecule has 1 saturated heterocycles. The molecule has 2 unspecified atom stereocenters. The molecule has 20 heavy (non-hydrogen) atoms. The van der Waals surface area contributed by atoms with E-state index in [4.69, 9.17) is 5.73 Å². The second-order valence-corrected chi connectivity index (χ2v) is 7.93. The van der Waals surface area contributed by atoms with Gasteiger partial charge in [-0.3, -0.25) is 10.7 Å². The number of rotatable bonds is 2. The van der Waals surface area contributed by atoms with Crippen molar-refractivity contribution >= 4 is 33.0 Å². The summed E-state index contributed by atoms with van der Waals surface area (Å²) in [5.74, 6) is 0.303. The molecule has 6 nitrogen and oxygen atoms in total.